The summed E-state index contributed by atoms with van der Waals surface area (Å²) in [4.78, 5) is 19.9. The highest BCUT2D eigenvalue weighted by molar-refractivity contribution is 5.94. The van der Waals surface area contributed by atoms with Gasteiger partial charge in [0.1, 0.15) is 5.75 Å². The van der Waals surface area contributed by atoms with E-state index >= 15 is 0 Å². The van der Waals surface area contributed by atoms with E-state index in [4.69, 9.17) is 15.5 Å². The van der Waals surface area contributed by atoms with E-state index < -0.39 is 4.92 Å². The summed E-state index contributed by atoms with van der Waals surface area (Å²) in [5, 5.41) is 11.7. The highest BCUT2D eigenvalue weighted by atomic mass is 35.5. The third kappa shape index (κ3) is 4.96. The third-order valence-corrected chi connectivity index (χ3v) is 5.52. The molecular weight excluding hydrogens is 464 g/mol. The standard InChI is InChI=1S/C27H20N4O3.ClH/c28-17-18-6-8-20(9-7-18)26-23(19-4-2-1-3-5-19)16-24-25(30-26)14-15-29-27(24)34-22-12-10-21(11-13-22)31(32)33;/h1-16H,17,28H2;1H. The van der Waals surface area contributed by atoms with Crippen molar-refractivity contribution in [3.63, 3.8) is 0 Å². The van der Waals surface area contributed by atoms with Crippen molar-refractivity contribution < 1.29 is 9.66 Å². The number of pyridine rings is 2. The van der Waals surface area contributed by atoms with E-state index in [1.165, 1.54) is 12.1 Å². The molecule has 0 atom stereocenters. The summed E-state index contributed by atoms with van der Waals surface area (Å²) >= 11 is 0. The molecule has 5 aromatic rings. The van der Waals surface area contributed by atoms with Crippen molar-refractivity contribution in [1.82, 2.24) is 9.97 Å². The van der Waals surface area contributed by atoms with E-state index in [-0.39, 0.29) is 18.1 Å². The van der Waals surface area contributed by atoms with E-state index in [1.807, 2.05) is 66.7 Å². The lowest BCUT2D eigenvalue weighted by atomic mass is 9.97. The van der Waals surface area contributed by atoms with Crippen LogP contribution in [-0.4, -0.2) is 14.9 Å². The number of nitro groups is 1. The summed E-state index contributed by atoms with van der Waals surface area (Å²) in [5.41, 5.74) is 11.3. The topological polar surface area (TPSA) is 104 Å². The molecule has 2 N–H and O–H groups in total. The number of aromatic nitrogens is 2. The predicted molar refractivity (Wildman–Crippen MR) is 139 cm³/mol. The molecule has 2 aromatic heterocycles. The zero-order valence-electron chi connectivity index (χ0n) is 18.5. The number of nitrogens with two attached hydrogens (primary N) is 1. The Kier molecular flexibility index (Phi) is 7.01. The second-order valence-electron chi connectivity index (χ2n) is 7.69. The Hall–Kier alpha value is -4.33. The van der Waals surface area contributed by atoms with Crippen molar-refractivity contribution in [3.05, 3.63) is 113 Å². The Labute approximate surface area is 207 Å². The zero-order chi connectivity index (χ0) is 23.5. The van der Waals surface area contributed by atoms with Gasteiger partial charge in [-0.3, -0.25) is 10.1 Å². The number of hydrogen-bond acceptors (Lipinski definition) is 6. The summed E-state index contributed by atoms with van der Waals surface area (Å²) in [7, 11) is 0. The summed E-state index contributed by atoms with van der Waals surface area (Å²) in [5.74, 6) is 0.828. The van der Waals surface area contributed by atoms with Crippen molar-refractivity contribution in [3.8, 4) is 34.0 Å². The zero-order valence-corrected chi connectivity index (χ0v) is 19.3. The van der Waals surface area contributed by atoms with Gasteiger partial charge in [0.15, 0.2) is 0 Å². The van der Waals surface area contributed by atoms with Gasteiger partial charge in [0.05, 0.1) is 21.5 Å². The highest BCUT2D eigenvalue weighted by Gasteiger charge is 2.15. The maximum absolute atomic E-state index is 10.9. The molecule has 35 heavy (non-hydrogen) atoms. The lowest BCUT2D eigenvalue weighted by molar-refractivity contribution is -0.384. The first-order valence-electron chi connectivity index (χ1n) is 10.7. The molecule has 0 saturated heterocycles. The normalized spacial score (nSPS) is 10.5. The van der Waals surface area contributed by atoms with Gasteiger partial charge >= 0.3 is 0 Å². The smallest absolute Gasteiger partial charge is 0.269 e. The average molecular weight is 485 g/mol. The SMILES string of the molecule is Cl.NCc1ccc(-c2nc3ccnc(Oc4ccc([N+](=O)[O-])cc4)c3cc2-c2ccccc2)cc1. The molecule has 174 valence electrons. The van der Waals surface area contributed by atoms with Gasteiger partial charge in [-0.05, 0) is 35.4 Å². The molecule has 0 unspecified atom stereocenters. The highest BCUT2D eigenvalue weighted by Crippen LogP contribution is 2.37. The molecule has 2 heterocycles. The van der Waals surface area contributed by atoms with Crippen molar-refractivity contribution >= 4 is 29.0 Å². The monoisotopic (exact) mass is 484 g/mol. The van der Waals surface area contributed by atoms with E-state index in [0.717, 1.165) is 38.9 Å². The summed E-state index contributed by atoms with van der Waals surface area (Å²) in [6, 6.07) is 27.8. The molecule has 0 aliphatic heterocycles. The first-order valence-corrected chi connectivity index (χ1v) is 10.7. The lowest BCUT2D eigenvalue weighted by Gasteiger charge is -2.14. The van der Waals surface area contributed by atoms with Crippen LogP contribution in [0.4, 0.5) is 5.69 Å². The molecule has 0 amide bonds. The molecule has 0 aliphatic rings. The second-order valence-corrected chi connectivity index (χ2v) is 7.69. The third-order valence-electron chi connectivity index (χ3n) is 5.52. The Balaban J connectivity index is 0.00000289. The molecule has 0 spiro atoms. The number of non-ortho nitro benzene ring substituents is 1. The number of nitro benzene ring substituents is 1. The van der Waals surface area contributed by atoms with Crippen LogP contribution in [0.3, 0.4) is 0 Å². The van der Waals surface area contributed by atoms with Crippen LogP contribution in [0, 0.1) is 10.1 Å². The number of benzene rings is 3. The Morgan fingerprint density at radius 2 is 1.60 bits per heavy atom. The average Bonchev–Trinajstić information content (AvgIpc) is 2.89. The Bertz CT molecular complexity index is 1480. The first-order chi connectivity index (χ1) is 16.6. The predicted octanol–water partition coefficient (Wildman–Crippen LogP) is 6.54. The maximum atomic E-state index is 10.9. The molecule has 0 aliphatic carbocycles. The minimum Gasteiger partial charge on any atom is -0.438 e. The molecule has 0 saturated carbocycles. The maximum Gasteiger partial charge on any atom is 0.269 e. The van der Waals surface area contributed by atoms with E-state index in [9.17, 15) is 10.1 Å². The van der Waals surface area contributed by atoms with Crippen molar-refractivity contribution in [2.24, 2.45) is 5.73 Å². The van der Waals surface area contributed by atoms with Crippen molar-refractivity contribution in [2.45, 2.75) is 6.54 Å². The van der Waals surface area contributed by atoms with Gasteiger partial charge in [-0.25, -0.2) is 9.97 Å². The fourth-order valence-corrected chi connectivity index (χ4v) is 3.76. The number of hydrogen-bond donors (Lipinski definition) is 1. The molecule has 3 aromatic carbocycles. The molecule has 0 fully saturated rings. The minimum atomic E-state index is -0.447. The Morgan fingerprint density at radius 1 is 0.886 bits per heavy atom. The molecule has 0 radical (unpaired) electrons. The fraction of sp³-hybridized carbons (Fsp3) is 0.0370. The van der Waals surface area contributed by atoms with Crippen LogP contribution in [0.2, 0.25) is 0 Å². The second kappa shape index (κ2) is 10.3. The number of nitrogens with zero attached hydrogens (tertiary/aromatic N) is 3. The summed E-state index contributed by atoms with van der Waals surface area (Å²) in [6.07, 6.45) is 1.64. The van der Waals surface area contributed by atoms with Gasteiger partial charge < -0.3 is 10.5 Å². The van der Waals surface area contributed by atoms with Gasteiger partial charge in [0, 0.05) is 36.0 Å². The number of halogens is 1. The van der Waals surface area contributed by atoms with Gasteiger partial charge in [-0.1, -0.05) is 54.6 Å². The van der Waals surface area contributed by atoms with E-state index in [0.29, 0.717) is 18.2 Å². The first kappa shape index (κ1) is 23.8. The quantitative estimate of drug-likeness (QED) is 0.216. The molecule has 8 heteroatoms. The molecule has 0 bridgehead atoms. The van der Waals surface area contributed by atoms with Crippen LogP contribution < -0.4 is 10.5 Å². The molecular formula is C27H21ClN4O3. The molecule has 7 nitrogen and oxygen atoms in total. The van der Waals surface area contributed by atoms with Gasteiger partial charge in [-0.2, -0.15) is 0 Å². The summed E-state index contributed by atoms with van der Waals surface area (Å²) < 4.78 is 6.01. The van der Waals surface area contributed by atoms with Crippen LogP contribution in [0.15, 0.2) is 97.2 Å². The number of fused-ring (bicyclic) bond motifs is 1. The summed E-state index contributed by atoms with van der Waals surface area (Å²) in [6.45, 7) is 0.478. The lowest BCUT2D eigenvalue weighted by Crippen LogP contribution is -1.97. The Morgan fingerprint density at radius 3 is 2.26 bits per heavy atom. The van der Waals surface area contributed by atoms with Crippen LogP contribution in [-0.2, 0) is 6.54 Å². The fourth-order valence-electron chi connectivity index (χ4n) is 3.76. The van der Waals surface area contributed by atoms with Gasteiger partial charge in [0.2, 0.25) is 5.88 Å². The van der Waals surface area contributed by atoms with Crippen molar-refractivity contribution in [1.29, 1.82) is 0 Å². The van der Waals surface area contributed by atoms with Gasteiger partial charge in [-0.15, -0.1) is 12.4 Å². The van der Waals surface area contributed by atoms with Crippen LogP contribution in [0.25, 0.3) is 33.3 Å². The van der Waals surface area contributed by atoms with Crippen LogP contribution in [0.1, 0.15) is 5.56 Å². The largest absolute Gasteiger partial charge is 0.438 e. The van der Waals surface area contributed by atoms with Crippen LogP contribution in [0.5, 0.6) is 11.6 Å². The molecule has 5 rings (SSSR count). The minimum absolute atomic E-state index is 0. The van der Waals surface area contributed by atoms with Gasteiger partial charge in [0.25, 0.3) is 5.69 Å². The number of ether oxygens (including phenoxy) is 1. The van der Waals surface area contributed by atoms with E-state index in [1.54, 1.807) is 18.3 Å². The number of rotatable bonds is 6. The van der Waals surface area contributed by atoms with E-state index in [2.05, 4.69) is 4.98 Å². The van der Waals surface area contributed by atoms with Crippen molar-refractivity contribution in [2.75, 3.05) is 0 Å². The van der Waals surface area contributed by atoms with Crippen LogP contribution >= 0.6 is 12.4 Å².